The maximum Gasteiger partial charge on any atom is 0.0555 e. The molecule has 2 N–H and O–H groups in total. The number of hydrogen-bond acceptors (Lipinski definition) is 1. The van der Waals surface area contributed by atoms with Crippen LogP contribution in [0.1, 0.15) is 28.3 Å². The zero-order valence-electron chi connectivity index (χ0n) is 10.4. The summed E-state index contributed by atoms with van der Waals surface area (Å²) >= 11 is 12.0. The zero-order chi connectivity index (χ0) is 13.3. The van der Waals surface area contributed by atoms with Crippen LogP contribution in [-0.4, -0.2) is 0 Å². The molecule has 2 rings (SSSR count). The number of halogens is 2. The maximum atomic E-state index is 6.29. The van der Waals surface area contributed by atoms with Crippen molar-refractivity contribution in [2.75, 3.05) is 0 Å². The molecule has 0 aliphatic rings. The van der Waals surface area contributed by atoms with E-state index < -0.39 is 0 Å². The quantitative estimate of drug-likeness (QED) is 0.850. The Kier molecular flexibility index (Phi) is 3.96. The Balaban J connectivity index is 2.44. The second-order valence-corrected chi connectivity index (χ2v) is 5.41. The van der Waals surface area contributed by atoms with E-state index in [1.807, 2.05) is 12.1 Å². The molecule has 0 saturated carbocycles. The highest BCUT2D eigenvalue weighted by molar-refractivity contribution is 6.34. The lowest BCUT2D eigenvalue weighted by Crippen LogP contribution is -2.13. The van der Waals surface area contributed by atoms with Crippen LogP contribution in [0.3, 0.4) is 0 Å². The molecular weight excluding hydrogens is 265 g/mol. The van der Waals surface area contributed by atoms with Crippen molar-refractivity contribution in [2.24, 2.45) is 5.73 Å². The van der Waals surface area contributed by atoms with Gasteiger partial charge >= 0.3 is 0 Å². The topological polar surface area (TPSA) is 26.0 Å². The summed E-state index contributed by atoms with van der Waals surface area (Å²) in [7, 11) is 0. The molecule has 0 bridgehead atoms. The van der Waals surface area contributed by atoms with E-state index in [1.165, 1.54) is 11.1 Å². The summed E-state index contributed by atoms with van der Waals surface area (Å²) in [5, 5.41) is 1.22. The first-order valence-corrected chi connectivity index (χ1v) is 6.51. The van der Waals surface area contributed by atoms with Crippen LogP contribution in [-0.2, 0) is 0 Å². The Morgan fingerprint density at radius 3 is 2.11 bits per heavy atom. The summed E-state index contributed by atoms with van der Waals surface area (Å²) < 4.78 is 0. The third-order valence-corrected chi connectivity index (χ3v) is 3.44. The van der Waals surface area contributed by atoms with Crippen molar-refractivity contribution >= 4 is 23.2 Å². The van der Waals surface area contributed by atoms with Gasteiger partial charge in [-0.1, -0.05) is 47.0 Å². The highest BCUT2D eigenvalue weighted by Crippen LogP contribution is 2.28. The summed E-state index contributed by atoms with van der Waals surface area (Å²) in [6.45, 7) is 4.13. The average Bonchev–Trinajstić information content (AvgIpc) is 2.26. The Hall–Kier alpha value is -1.02. The highest BCUT2D eigenvalue weighted by atomic mass is 35.5. The molecule has 0 aliphatic heterocycles. The maximum absolute atomic E-state index is 6.29. The molecular formula is C15H15Cl2N. The van der Waals surface area contributed by atoms with Crippen LogP contribution in [0, 0.1) is 13.8 Å². The van der Waals surface area contributed by atoms with Gasteiger partial charge in [-0.15, -0.1) is 0 Å². The van der Waals surface area contributed by atoms with Crippen molar-refractivity contribution in [1.29, 1.82) is 0 Å². The summed E-state index contributed by atoms with van der Waals surface area (Å²) in [6, 6.07) is 11.5. The van der Waals surface area contributed by atoms with E-state index in [4.69, 9.17) is 28.9 Å². The molecule has 2 aromatic carbocycles. The van der Waals surface area contributed by atoms with Crippen LogP contribution >= 0.6 is 23.2 Å². The van der Waals surface area contributed by atoms with Gasteiger partial charge in [0, 0.05) is 10.0 Å². The predicted molar refractivity (Wildman–Crippen MR) is 78.4 cm³/mol. The van der Waals surface area contributed by atoms with Gasteiger partial charge in [-0.3, -0.25) is 0 Å². The molecule has 0 radical (unpaired) electrons. The molecule has 1 unspecified atom stereocenters. The summed E-state index contributed by atoms with van der Waals surface area (Å²) in [5.74, 6) is 0. The fourth-order valence-electron chi connectivity index (χ4n) is 2.11. The van der Waals surface area contributed by atoms with E-state index >= 15 is 0 Å². The summed E-state index contributed by atoms with van der Waals surface area (Å²) in [4.78, 5) is 0. The molecule has 18 heavy (non-hydrogen) atoms. The van der Waals surface area contributed by atoms with Gasteiger partial charge < -0.3 is 5.73 Å². The van der Waals surface area contributed by atoms with E-state index in [0.717, 1.165) is 11.1 Å². The number of nitrogens with two attached hydrogens (primary N) is 1. The molecule has 0 heterocycles. The first kappa shape index (κ1) is 13.4. The van der Waals surface area contributed by atoms with Crippen molar-refractivity contribution in [3.8, 4) is 0 Å². The molecule has 0 saturated heterocycles. The van der Waals surface area contributed by atoms with Crippen LogP contribution in [0.25, 0.3) is 0 Å². The third kappa shape index (κ3) is 2.86. The van der Waals surface area contributed by atoms with Gasteiger partial charge in [0.25, 0.3) is 0 Å². The average molecular weight is 280 g/mol. The van der Waals surface area contributed by atoms with Crippen molar-refractivity contribution in [1.82, 2.24) is 0 Å². The minimum absolute atomic E-state index is 0.207. The Bertz CT molecular complexity index is 558. The molecule has 0 spiro atoms. The lowest BCUT2D eigenvalue weighted by molar-refractivity contribution is 0.861. The molecule has 1 atom stereocenters. The molecule has 0 amide bonds. The lowest BCUT2D eigenvalue weighted by atomic mass is 9.95. The van der Waals surface area contributed by atoms with Crippen LogP contribution < -0.4 is 5.73 Å². The van der Waals surface area contributed by atoms with Crippen molar-refractivity contribution < 1.29 is 0 Å². The van der Waals surface area contributed by atoms with Crippen LogP contribution in [0.2, 0.25) is 10.0 Å². The first-order chi connectivity index (χ1) is 8.47. The minimum atomic E-state index is -0.207. The van der Waals surface area contributed by atoms with Crippen molar-refractivity contribution in [3.63, 3.8) is 0 Å². The molecule has 3 heteroatoms. The number of aryl methyl sites for hydroxylation is 2. The molecule has 0 aromatic heterocycles. The zero-order valence-corrected chi connectivity index (χ0v) is 11.9. The fourth-order valence-corrected chi connectivity index (χ4v) is 2.65. The van der Waals surface area contributed by atoms with E-state index in [1.54, 1.807) is 6.07 Å². The van der Waals surface area contributed by atoms with Crippen molar-refractivity contribution in [3.05, 3.63) is 68.7 Å². The SMILES string of the molecule is Cc1ccc(C(N)c2cc(Cl)cc(Cl)c2)c(C)c1. The monoisotopic (exact) mass is 279 g/mol. The fraction of sp³-hybridized carbons (Fsp3) is 0.200. The van der Waals surface area contributed by atoms with Crippen LogP contribution in [0.4, 0.5) is 0 Å². The van der Waals surface area contributed by atoms with Gasteiger partial charge in [0.05, 0.1) is 6.04 Å². The second-order valence-electron chi connectivity index (χ2n) is 4.54. The molecule has 2 aromatic rings. The molecule has 0 aliphatic carbocycles. The Morgan fingerprint density at radius 1 is 0.944 bits per heavy atom. The Morgan fingerprint density at radius 2 is 1.56 bits per heavy atom. The van der Waals surface area contributed by atoms with Crippen LogP contribution in [0.15, 0.2) is 36.4 Å². The largest absolute Gasteiger partial charge is 0.320 e. The second kappa shape index (κ2) is 5.31. The predicted octanol–water partition coefficient (Wildman–Crippen LogP) is 4.66. The number of benzene rings is 2. The normalized spacial score (nSPS) is 12.5. The summed E-state index contributed by atoms with van der Waals surface area (Å²) in [5.41, 5.74) is 10.7. The Labute approximate surface area is 118 Å². The standard InChI is InChI=1S/C15H15Cl2N/c1-9-3-4-14(10(2)5-9)15(18)11-6-12(16)8-13(17)7-11/h3-8,15H,18H2,1-2H3. The molecule has 94 valence electrons. The van der Waals surface area contributed by atoms with Crippen LogP contribution in [0.5, 0.6) is 0 Å². The lowest BCUT2D eigenvalue weighted by Gasteiger charge is -2.16. The number of hydrogen-bond donors (Lipinski definition) is 1. The van der Waals surface area contributed by atoms with Gasteiger partial charge in [-0.05, 0) is 48.7 Å². The first-order valence-electron chi connectivity index (χ1n) is 5.76. The smallest absolute Gasteiger partial charge is 0.0555 e. The van der Waals surface area contributed by atoms with Gasteiger partial charge in [0.2, 0.25) is 0 Å². The van der Waals surface area contributed by atoms with Gasteiger partial charge in [0.1, 0.15) is 0 Å². The van der Waals surface area contributed by atoms with Gasteiger partial charge in [0.15, 0.2) is 0 Å². The summed E-state index contributed by atoms with van der Waals surface area (Å²) in [6.07, 6.45) is 0. The third-order valence-electron chi connectivity index (χ3n) is 3.00. The van der Waals surface area contributed by atoms with Gasteiger partial charge in [-0.2, -0.15) is 0 Å². The minimum Gasteiger partial charge on any atom is -0.320 e. The molecule has 1 nitrogen and oxygen atoms in total. The van der Waals surface area contributed by atoms with Crippen molar-refractivity contribution in [2.45, 2.75) is 19.9 Å². The van der Waals surface area contributed by atoms with E-state index in [2.05, 4.69) is 32.0 Å². The molecule has 0 fully saturated rings. The van der Waals surface area contributed by atoms with Gasteiger partial charge in [-0.25, -0.2) is 0 Å². The highest BCUT2D eigenvalue weighted by Gasteiger charge is 2.12. The van der Waals surface area contributed by atoms with E-state index in [-0.39, 0.29) is 6.04 Å². The number of rotatable bonds is 2. The van der Waals surface area contributed by atoms with E-state index in [0.29, 0.717) is 10.0 Å². The van der Waals surface area contributed by atoms with E-state index in [9.17, 15) is 0 Å².